The van der Waals surface area contributed by atoms with Crippen LogP contribution in [0.25, 0.3) is 0 Å². The van der Waals surface area contributed by atoms with E-state index in [0.717, 1.165) is 0 Å². The molecule has 3 rings (SSSR count). The van der Waals surface area contributed by atoms with Gasteiger partial charge in [-0.15, -0.1) is 0 Å². The minimum atomic E-state index is -1.21. The molecule has 27 heavy (non-hydrogen) atoms. The Morgan fingerprint density at radius 2 is 2.33 bits per heavy atom. The van der Waals surface area contributed by atoms with Gasteiger partial charge in [-0.25, -0.2) is 4.99 Å². The Morgan fingerprint density at radius 3 is 2.96 bits per heavy atom. The van der Waals surface area contributed by atoms with Gasteiger partial charge in [-0.3, -0.25) is 14.9 Å². The molecule has 0 fully saturated rings. The van der Waals surface area contributed by atoms with Crippen molar-refractivity contribution < 1.29 is 24.3 Å². The predicted octanol–water partition coefficient (Wildman–Crippen LogP) is -0.273. The predicted molar refractivity (Wildman–Crippen MR) is 103 cm³/mol. The Morgan fingerprint density at radius 1 is 1.59 bits per heavy atom. The molecule has 0 saturated heterocycles. The van der Waals surface area contributed by atoms with Crippen molar-refractivity contribution in [3.63, 3.8) is 0 Å². The van der Waals surface area contributed by atoms with Crippen molar-refractivity contribution in [2.45, 2.75) is 30.6 Å². The van der Waals surface area contributed by atoms with Crippen LogP contribution < -0.4 is 16.4 Å². The summed E-state index contributed by atoms with van der Waals surface area (Å²) >= 11 is 6.65. The van der Waals surface area contributed by atoms with Crippen LogP contribution in [0.1, 0.15) is 12.8 Å². The van der Waals surface area contributed by atoms with Gasteiger partial charge in [-0.05, 0) is 44.4 Å². The number of nitrogens with one attached hydrogen (secondary N) is 2. The number of methoxy groups -OCH3 is 1. The van der Waals surface area contributed by atoms with Crippen LogP contribution in [0.4, 0.5) is 0 Å². The van der Waals surface area contributed by atoms with Crippen LogP contribution in [0.15, 0.2) is 30.9 Å². The van der Waals surface area contributed by atoms with Gasteiger partial charge in [0.05, 0.1) is 16.1 Å². The summed E-state index contributed by atoms with van der Waals surface area (Å²) in [6.45, 7) is 0.208. The number of oxime groups is 1. The van der Waals surface area contributed by atoms with Crippen LogP contribution in [-0.2, 0) is 19.2 Å². The second-order valence-corrected chi connectivity index (χ2v) is 7.81. The fourth-order valence-electron chi connectivity index (χ4n) is 2.91. The van der Waals surface area contributed by atoms with Crippen molar-refractivity contribution >= 4 is 55.3 Å². The maximum Gasteiger partial charge on any atom is 0.269 e. The van der Waals surface area contributed by atoms with E-state index in [0.29, 0.717) is 21.1 Å². The third-order valence-corrected chi connectivity index (χ3v) is 5.68. The number of rotatable bonds is 5. The summed E-state index contributed by atoms with van der Waals surface area (Å²) in [4.78, 5) is 33.2. The number of amides is 2. The van der Waals surface area contributed by atoms with Crippen molar-refractivity contribution in [2.24, 2.45) is 15.9 Å². The first-order valence-corrected chi connectivity index (χ1v) is 9.54. The number of guanidine groups is 1. The highest BCUT2D eigenvalue weighted by atomic mass is 79.9. The van der Waals surface area contributed by atoms with E-state index in [1.807, 2.05) is 0 Å². The molecule has 0 aromatic heterocycles. The number of carbonyl (C=O) groups excluding carboxylic acids is 2. The van der Waals surface area contributed by atoms with E-state index in [4.69, 9.17) is 15.3 Å². The van der Waals surface area contributed by atoms with Crippen molar-refractivity contribution in [3.05, 3.63) is 20.8 Å². The zero-order valence-corrected chi connectivity index (χ0v) is 17.3. The first-order valence-electron chi connectivity index (χ1n) is 7.95. The Hall–Kier alpha value is -1.92. The van der Waals surface area contributed by atoms with Gasteiger partial charge < -0.3 is 25.7 Å². The second-order valence-electron chi connectivity index (χ2n) is 6.10. The lowest BCUT2D eigenvalue weighted by Crippen LogP contribution is -2.45. The largest absolute Gasteiger partial charge is 0.495 e. The maximum absolute atomic E-state index is 12.3. The molecule has 0 aromatic rings. The Labute approximate surface area is 171 Å². The molecule has 5 N–H and O–H groups in total. The van der Waals surface area contributed by atoms with Gasteiger partial charge in [0.25, 0.3) is 11.8 Å². The van der Waals surface area contributed by atoms with Crippen LogP contribution >= 0.6 is 31.9 Å². The zero-order valence-electron chi connectivity index (χ0n) is 14.2. The van der Waals surface area contributed by atoms with Gasteiger partial charge in [0.15, 0.2) is 11.6 Å². The molecule has 0 saturated carbocycles. The Bertz CT molecular complexity index is 808. The lowest BCUT2D eigenvalue weighted by Gasteiger charge is -2.33. The molecule has 1 spiro atoms. The summed E-state index contributed by atoms with van der Waals surface area (Å²) in [7, 11) is 1.48. The minimum Gasteiger partial charge on any atom is -0.495 e. The molecule has 3 unspecified atom stereocenters. The van der Waals surface area contributed by atoms with Crippen molar-refractivity contribution in [1.82, 2.24) is 10.6 Å². The third kappa shape index (κ3) is 3.73. The molecule has 1 aliphatic carbocycles. The first kappa shape index (κ1) is 19.8. The molecule has 2 aliphatic heterocycles. The SMILES string of the molecule is COC1=C(Br)C(O)C2(C=C1Br)CC(C(=O)NCCC1N=C(N)NC1=O)=NO2. The van der Waals surface area contributed by atoms with E-state index in [9.17, 15) is 14.7 Å². The van der Waals surface area contributed by atoms with E-state index in [2.05, 4.69) is 52.6 Å². The van der Waals surface area contributed by atoms with E-state index in [1.54, 1.807) is 6.08 Å². The normalized spacial score (nSPS) is 29.8. The number of carbonyl (C=O) groups is 2. The summed E-state index contributed by atoms with van der Waals surface area (Å²) in [6, 6.07) is -0.619. The minimum absolute atomic E-state index is 0.0657. The number of hydrogen-bond donors (Lipinski definition) is 4. The third-order valence-electron chi connectivity index (χ3n) is 4.30. The quantitative estimate of drug-likeness (QED) is 0.403. The molecule has 146 valence electrons. The van der Waals surface area contributed by atoms with Crippen LogP contribution in [0.3, 0.4) is 0 Å². The highest BCUT2D eigenvalue weighted by Crippen LogP contribution is 2.43. The molecule has 12 heteroatoms. The van der Waals surface area contributed by atoms with Gasteiger partial charge in [0, 0.05) is 13.0 Å². The monoisotopic (exact) mass is 505 g/mol. The highest BCUT2D eigenvalue weighted by Gasteiger charge is 2.50. The lowest BCUT2D eigenvalue weighted by molar-refractivity contribution is -0.120. The summed E-state index contributed by atoms with van der Waals surface area (Å²) < 4.78 is 6.17. The van der Waals surface area contributed by atoms with Gasteiger partial charge in [0.1, 0.15) is 23.6 Å². The van der Waals surface area contributed by atoms with Crippen molar-refractivity contribution in [3.8, 4) is 0 Å². The van der Waals surface area contributed by atoms with Crippen LogP contribution in [0.5, 0.6) is 0 Å². The van der Waals surface area contributed by atoms with Gasteiger partial charge in [-0.2, -0.15) is 0 Å². The zero-order chi connectivity index (χ0) is 19.8. The molecule has 0 radical (unpaired) electrons. The number of nitrogens with zero attached hydrogens (tertiary/aromatic N) is 2. The molecule has 3 atom stereocenters. The average molecular weight is 507 g/mol. The molecule has 2 heterocycles. The summed E-state index contributed by atoms with van der Waals surface area (Å²) in [5.74, 6) is -0.237. The molecule has 0 bridgehead atoms. The maximum atomic E-state index is 12.3. The summed E-state index contributed by atoms with van der Waals surface area (Å²) in [5.41, 5.74) is 4.35. The Kier molecular flexibility index (Phi) is 5.58. The number of aliphatic imine (C=N–C) groups is 1. The number of ether oxygens (including phenoxy) is 1. The van der Waals surface area contributed by atoms with E-state index < -0.39 is 23.7 Å². The average Bonchev–Trinajstić information content (AvgIpc) is 3.17. The van der Waals surface area contributed by atoms with Crippen LogP contribution in [0.2, 0.25) is 0 Å². The highest BCUT2D eigenvalue weighted by molar-refractivity contribution is 9.12. The number of aliphatic hydroxyl groups is 1. The first-order chi connectivity index (χ1) is 12.8. The topological polar surface area (TPSA) is 148 Å². The number of allylic oxidation sites excluding steroid dienone is 1. The summed E-state index contributed by atoms with van der Waals surface area (Å²) in [6.07, 6.45) is 0.890. The fraction of sp³-hybridized carbons (Fsp3) is 0.467. The molecule has 0 aromatic carbocycles. The van der Waals surface area contributed by atoms with E-state index in [1.165, 1.54) is 7.11 Å². The van der Waals surface area contributed by atoms with Gasteiger partial charge >= 0.3 is 0 Å². The number of hydrogen-bond acceptors (Lipinski definition) is 8. The Balaban J connectivity index is 1.58. The van der Waals surface area contributed by atoms with E-state index in [-0.39, 0.29) is 30.5 Å². The lowest BCUT2D eigenvalue weighted by atomic mass is 9.87. The number of halogens is 2. The molecule has 3 aliphatic rings. The van der Waals surface area contributed by atoms with Crippen molar-refractivity contribution in [2.75, 3.05) is 13.7 Å². The standard InChI is InChI=1S/C15H17Br2N5O5/c1-26-10-6(16)4-15(11(23)9(10)17)5-8(22-27-15)12(24)19-3-2-7-13(25)21-14(18)20-7/h4,7,11,23H,2-3,5H2,1H3,(H,19,24)(H3,18,20,21,25). The van der Waals surface area contributed by atoms with Gasteiger partial charge in [0.2, 0.25) is 0 Å². The van der Waals surface area contributed by atoms with Crippen LogP contribution in [0, 0.1) is 0 Å². The van der Waals surface area contributed by atoms with Crippen molar-refractivity contribution in [1.29, 1.82) is 0 Å². The van der Waals surface area contributed by atoms with Gasteiger partial charge in [-0.1, -0.05) is 5.16 Å². The molecular formula is C15H17Br2N5O5. The number of aliphatic hydroxyl groups excluding tert-OH is 1. The smallest absolute Gasteiger partial charge is 0.269 e. The fourth-order valence-corrected chi connectivity index (χ4v) is 4.70. The summed E-state index contributed by atoms with van der Waals surface area (Å²) in [5, 5.41) is 19.5. The molecule has 2 amide bonds. The second kappa shape index (κ2) is 7.60. The van der Waals surface area contributed by atoms with E-state index >= 15 is 0 Å². The molecular weight excluding hydrogens is 490 g/mol. The van der Waals surface area contributed by atoms with Crippen LogP contribution in [-0.4, -0.2) is 60.0 Å². The number of nitrogens with two attached hydrogens (primary N) is 1. The molecule has 10 nitrogen and oxygen atoms in total.